The van der Waals surface area contributed by atoms with E-state index < -0.39 is 10.0 Å². The van der Waals surface area contributed by atoms with E-state index in [4.69, 9.17) is 5.14 Å². The summed E-state index contributed by atoms with van der Waals surface area (Å²) in [5.41, 5.74) is 1.69. The van der Waals surface area contributed by atoms with Gasteiger partial charge in [-0.05, 0) is 66.9 Å². The molecule has 27 heavy (non-hydrogen) atoms. The number of rotatable bonds is 7. The number of nitrogens with zero attached hydrogens (tertiary/aromatic N) is 3. The Labute approximate surface area is 166 Å². The predicted molar refractivity (Wildman–Crippen MR) is 110 cm³/mol. The normalized spacial score (nSPS) is 16.1. The fraction of sp³-hybridized carbons (Fsp3) is 0.353. The second-order valence-electron chi connectivity index (χ2n) is 6.45. The lowest BCUT2D eigenvalue weighted by Crippen LogP contribution is -2.25. The molecule has 1 aromatic heterocycles. The lowest BCUT2D eigenvalue weighted by Gasteiger charge is -2.16. The van der Waals surface area contributed by atoms with E-state index in [1.54, 1.807) is 18.3 Å². The zero-order valence-electron chi connectivity index (χ0n) is 15.0. The number of benzene rings is 1. The summed E-state index contributed by atoms with van der Waals surface area (Å²) in [6.45, 7) is 4.05. The molecule has 1 aliphatic rings. The van der Waals surface area contributed by atoms with Crippen LogP contribution in [0.5, 0.6) is 0 Å². The molecule has 1 aliphatic carbocycles. The van der Waals surface area contributed by atoms with Gasteiger partial charge in [0.05, 0.1) is 21.5 Å². The summed E-state index contributed by atoms with van der Waals surface area (Å²) in [6.07, 6.45) is 3.98. The number of hydrogen-bond donors (Lipinski definition) is 3. The maximum atomic E-state index is 11.3. The molecule has 1 fully saturated rings. The highest BCUT2D eigenvalue weighted by molar-refractivity contribution is 9.10. The topological polar surface area (TPSA) is 122 Å². The minimum absolute atomic E-state index is 0.0405. The number of halogens is 1. The Kier molecular flexibility index (Phi) is 5.78. The second kappa shape index (κ2) is 7.91. The highest BCUT2D eigenvalue weighted by Gasteiger charge is 2.21. The predicted octanol–water partition coefficient (Wildman–Crippen LogP) is 3.05. The molecule has 0 radical (unpaired) electrons. The van der Waals surface area contributed by atoms with Gasteiger partial charge in [-0.2, -0.15) is 4.98 Å². The number of primary sulfonamides is 1. The van der Waals surface area contributed by atoms with E-state index in [1.807, 2.05) is 13.8 Å². The number of nitrogens with one attached hydrogen (secondary N) is 2. The van der Waals surface area contributed by atoms with Crippen LogP contribution in [0.15, 0.2) is 44.8 Å². The van der Waals surface area contributed by atoms with Crippen molar-refractivity contribution in [1.82, 2.24) is 9.97 Å². The lowest BCUT2D eigenvalue weighted by atomic mass is 10.2. The summed E-state index contributed by atoms with van der Waals surface area (Å²) < 4.78 is 23.4. The highest BCUT2D eigenvalue weighted by atomic mass is 79.9. The molecule has 0 spiro atoms. The summed E-state index contributed by atoms with van der Waals surface area (Å²) >= 11 is 3.45. The van der Waals surface area contributed by atoms with Crippen LogP contribution in [0.1, 0.15) is 26.7 Å². The first kappa shape index (κ1) is 19.7. The summed E-state index contributed by atoms with van der Waals surface area (Å²) in [4.78, 5) is 13.4. The molecule has 1 unspecified atom stereocenters. The Morgan fingerprint density at radius 3 is 2.59 bits per heavy atom. The number of hydrogen-bond acceptors (Lipinski definition) is 7. The van der Waals surface area contributed by atoms with Crippen molar-refractivity contribution in [1.29, 1.82) is 0 Å². The second-order valence-corrected chi connectivity index (χ2v) is 8.87. The average molecular weight is 453 g/mol. The summed E-state index contributed by atoms with van der Waals surface area (Å²) in [5.74, 6) is 1.03. The maximum absolute atomic E-state index is 11.3. The smallest absolute Gasteiger partial charge is 0.238 e. The van der Waals surface area contributed by atoms with E-state index in [-0.39, 0.29) is 10.9 Å². The van der Waals surface area contributed by atoms with Gasteiger partial charge in [0.2, 0.25) is 16.0 Å². The van der Waals surface area contributed by atoms with E-state index in [9.17, 15) is 8.42 Å². The van der Waals surface area contributed by atoms with Gasteiger partial charge in [-0.25, -0.2) is 18.5 Å². The first-order chi connectivity index (χ1) is 12.7. The fourth-order valence-electron chi connectivity index (χ4n) is 2.30. The molecule has 0 bridgehead atoms. The third-order valence-electron chi connectivity index (χ3n) is 4.10. The van der Waals surface area contributed by atoms with Gasteiger partial charge >= 0.3 is 0 Å². The molecular formula is C17H21BrN6O2S. The largest absolute Gasteiger partial charge is 0.361 e. The van der Waals surface area contributed by atoms with Crippen LogP contribution in [-0.2, 0) is 10.0 Å². The maximum Gasteiger partial charge on any atom is 0.238 e. The van der Waals surface area contributed by atoms with E-state index >= 15 is 0 Å². The standard InChI is InChI=1S/C17H21BrN6O2S/c1-10(21-12-3-4-12)11(2)22-16-15(18)9-20-17(24-16)23-13-5-7-14(8-6-13)27(19,25)26/h5-9,11-12H,3-4H2,1-2H3,(H2,19,25,26)(H2,20,22,23,24)/b21-10+. The molecule has 1 atom stereocenters. The molecule has 3 rings (SSSR count). The van der Waals surface area contributed by atoms with Crippen molar-refractivity contribution in [3.63, 3.8) is 0 Å². The molecule has 1 heterocycles. The Balaban J connectivity index is 1.72. The third kappa shape index (κ3) is 5.47. The molecule has 0 amide bonds. The Bertz CT molecular complexity index is 958. The molecule has 0 aliphatic heterocycles. The molecule has 4 N–H and O–H groups in total. The molecule has 1 aromatic carbocycles. The van der Waals surface area contributed by atoms with Crippen molar-refractivity contribution >= 4 is 49.1 Å². The zero-order chi connectivity index (χ0) is 19.6. The van der Waals surface area contributed by atoms with Crippen LogP contribution >= 0.6 is 15.9 Å². The van der Waals surface area contributed by atoms with E-state index in [2.05, 4.69) is 41.5 Å². The van der Waals surface area contributed by atoms with Crippen LogP contribution in [0.2, 0.25) is 0 Å². The summed E-state index contributed by atoms with van der Waals surface area (Å²) in [5, 5.41) is 11.5. The van der Waals surface area contributed by atoms with Crippen molar-refractivity contribution in [2.75, 3.05) is 10.6 Å². The minimum atomic E-state index is -3.72. The number of anilines is 3. The van der Waals surface area contributed by atoms with Crippen LogP contribution in [0.4, 0.5) is 17.5 Å². The van der Waals surface area contributed by atoms with Crippen LogP contribution in [0, 0.1) is 0 Å². The van der Waals surface area contributed by atoms with Crippen molar-refractivity contribution in [3.8, 4) is 0 Å². The first-order valence-corrected chi connectivity index (χ1v) is 10.8. The van der Waals surface area contributed by atoms with Gasteiger partial charge in [0.1, 0.15) is 5.82 Å². The highest BCUT2D eigenvalue weighted by Crippen LogP contribution is 2.25. The van der Waals surface area contributed by atoms with Gasteiger partial charge in [-0.3, -0.25) is 4.99 Å². The molecule has 8 nitrogen and oxygen atoms in total. The molecule has 2 aromatic rings. The van der Waals surface area contributed by atoms with Gasteiger partial charge in [-0.1, -0.05) is 0 Å². The molecule has 1 saturated carbocycles. The zero-order valence-corrected chi connectivity index (χ0v) is 17.4. The van der Waals surface area contributed by atoms with Crippen molar-refractivity contribution in [2.24, 2.45) is 10.1 Å². The van der Waals surface area contributed by atoms with Crippen molar-refractivity contribution in [2.45, 2.75) is 43.7 Å². The summed E-state index contributed by atoms with van der Waals surface area (Å²) in [7, 11) is -3.72. The van der Waals surface area contributed by atoms with Gasteiger partial charge < -0.3 is 10.6 Å². The van der Waals surface area contributed by atoms with Crippen LogP contribution in [-0.4, -0.2) is 36.2 Å². The van der Waals surface area contributed by atoms with E-state index in [1.165, 1.54) is 25.0 Å². The lowest BCUT2D eigenvalue weighted by molar-refractivity contribution is 0.598. The van der Waals surface area contributed by atoms with Gasteiger partial charge in [0.25, 0.3) is 0 Å². The first-order valence-electron chi connectivity index (χ1n) is 8.45. The van der Waals surface area contributed by atoms with Crippen LogP contribution in [0.25, 0.3) is 0 Å². The summed E-state index contributed by atoms with van der Waals surface area (Å²) in [6, 6.07) is 6.57. The van der Waals surface area contributed by atoms with Crippen molar-refractivity contribution < 1.29 is 8.42 Å². The Hall–Kier alpha value is -2.04. The Morgan fingerprint density at radius 1 is 1.33 bits per heavy atom. The van der Waals surface area contributed by atoms with Crippen LogP contribution < -0.4 is 15.8 Å². The number of nitrogens with two attached hydrogens (primary N) is 1. The van der Waals surface area contributed by atoms with E-state index in [0.29, 0.717) is 23.5 Å². The van der Waals surface area contributed by atoms with Crippen molar-refractivity contribution in [3.05, 3.63) is 34.9 Å². The van der Waals surface area contributed by atoms with Gasteiger partial charge in [0, 0.05) is 17.6 Å². The molecular weight excluding hydrogens is 432 g/mol. The minimum Gasteiger partial charge on any atom is -0.361 e. The molecule has 0 saturated heterocycles. The van der Waals surface area contributed by atoms with Crippen LogP contribution in [0.3, 0.4) is 0 Å². The fourth-order valence-corrected chi connectivity index (χ4v) is 3.12. The SMILES string of the molecule is C/C(=N\C1CC1)C(C)Nc1nc(Nc2ccc(S(N)(=O)=O)cc2)ncc1Br. The average Bonchev–Trinajstić information content (AvgIpc) is 3.41. The van der Waals surface area contributed by atoms with E-state index in [0.717, 1.165) is 10.2 Å². The number of aliphatic imine (C=N–C) groups is 1. The third-order valence-corrected chi connectivity index (χ3v) is 5.61. The number of sulfonamides is 1. The van der Waals surface area contributed by atoms with Gasteiger partial charge in [-0.15, -0.1) is 0 Å². The molecule has 10 heteroatoms. The number of aromatic nitrogens is 2. The quantitative estimate of drug-likeness (QED) is 0.554. The van der Waals surface area contributed by atoms with Gasteiger partial charge in [0.15, 0.2) is 0 Å². The monoisotopic (exact) mass is 452 g/mol. The Morgan fingerprint density at radius 2 is 2.00 bits per heavy atom. The molecule has 144 valence electrons.